The Hall–Kier alpha value is -1.56. The van der Waals surface area contributed by atoms with Crippen LogP contribution >= 0.6 is 0 Å². The lowest BCUT2D eigenvalue weighted by molar-refractivity contribution is 0.589. The molecule has 0 heterocycles. The highest BCUT2D eigenvalue weighted by molar-refractivity contribution is 5.73. The van der Waals surface area contributed by atoms with Gasteiger partial charge < -0.3 is 0 Å². The van der Waals surface area contributed by atoms with E-state index in [0.29, 0.717) is 11.8 Å². The van der Waals surface area contributed by atoms with Crippen molar-refractivity contribution >= 4 is 5.57 Å². The fourth-order valence-electron chi connectivity index (χ4n) is 3.37. The van der Waals surface area contributed by atoms with Gasteiger partial charge in [0.1, 0.15) is 0 Å². The van der Waals surface area contributed by atoms with E-state index in [4.69, 9.17) is 0 Å². The second-order valence-corrected chi connectivity index (χ2v) is 7.24. The second-order valence-electron chi connectivity index (χ2n) is 7.24. The molecule has 20 heavy (non-hydrogen) atoms. The summed E-state index contributed by atoms with van der Waals surface area (Å²) in [4.78, 5) is 0. The van der Waals surface area contributed by atoms with Crippen LogP contribution in [-0.4, -0.2) is 0 Å². The molecule has 0 fully saturated rings. The van der Waals surface area contributed by atoms with E-state index >= 15 is 0 Å². The molecule has 3 rings (SSSR count). The maximum atomic E-state index is 2.46. The van der Waals surface area contributed by atoms with Gasteiger partial charge in [0.2, 0.25) is 0 Å². The van der Waals surface area contributed by atoms with Crippen LogP contribution in [0.1, 0.15) is 45.2 Å². The summed E-state index contributed by atoms with van der Waals surface area (Å²) < 4.78 is 0. The third kappa shape index (κ3) is 2.40. The third-order valence-corrected chi connectivity index (χ3v) is 4.56. The van der Waals surface area contributed by atoms with E-state index in [1.54, 1.807) is 0 Å². The van der Waals surface area contributed by atoms with Crippen LogP contribution in [0, 0.1) is 11.8 Å². The Bertz CT molecular complexity index is 588. The smallest absolute Gasteiger partial charge is 0.00924 e. The highest BCUT2D eigenvalue weighted by atomic mass is 14.3. The van der Waals surface area contributed by atoms with E-state index in [1.165, 1.54) is 28.7 Å². The van der Waals surface area contributed by atoms with Crippen LogP contribution in [0.2, 0.25) is 0 Å². The van der Waals surface area contributed by atoms with Crippen molar-refractivity contribution in [3.05, 3.63) is 65.3 Å². The monoisotopic (exact) mass is 264 g/mol. The summed E-state index contributed by atoms with van der Waals surface area (Å²) in [6.45, 7) is 9.06. The highest BCUT2D eigenvalue weighted by Crippen LogP contribution is 2.42. The molecule has 2 atom stereocenters. The molecule has 0 aromatic heterocycles. The van der Waals surface area contributed by atoms with Gasteiger partial charge in [0.15, 0.2) is 0 Å². The van der Waals surface area contributed by atoms with E-state index in [2.05, 4.69) is 76.3 Å². The van der Waals surface area contributed by atoms with Gasteiger partial charge in [0, 0.05) is 5.92 Å². The molecule has 2 aliphatic carbocycles. The van der Waals surface area contributed by atoms with Crippen molar-refractivity contribution in [1.29, 1.82) is 0 Å². The number of benzene rings is 1. The minimum Gasteiger partial charge on any atom is -0.0802 e. The molecule has 1 aromatic rings. The van der Waals surface area contributed by atoms with Gasteiger partial charge >= 0.3 is 0 Å². The van der Waals surface area contributed by atoms with Crippen LogP contribution in [-0.2, 0) is 5.41 Å². The lowest BCUT2D eigenvalue weighted by atomic mass is 9.80. The molecule has 2 aliphatic rings. The van der Waals surface area contributed by atoms with Crippen molar-refractivity contribution in [2.45, 2.75) is 39.5 Å². The maximum Gasteiger partial charge on any atom is 0.00924 e. The highest BCUT2D eigenvalue weighted by Gasteiger charge is 2.29. The number of allylic oxidation sites excluding steroid dienone is 6. The molecule has 0 aliphatic heterocycles. The topological polar surface area (TPSA) is 0 Å². The zero-order chi connectivity index (χ0) is 14.3. The molecular weight excluding hydrogens is 240 g/mol. The number of hydrogen-bond donors (Lipinski definition) is 0. The van der Waals surface area contributed by atoms with Crippen LogP contribution < -0.4 is 0 Å². The van der Waals surface area contributed by atoms with Crippen LogP contribution in [0.25, 0.3) is 5.57 Å². The molecule has 104 valence electrons. The molecule has 0 nitrogen and oxygen atoms in total. The van der Waals surface area contributed by atoms with Gasteiger partial charge in [-0.2, -0.15) is 0 Å². The Kier molecular flexibility index (Phi) is 3.20. The minimum atomic E-state index is 0.228. The normalized spacial score (nSPS) is 25.2. The summed E-state index contributed by atoms with van der Waals surface area (Å²) in [6, 6.07) is 9.16. The lowest BCUT2D eigenvalue weighted by Crippen LogP contribution is -2.12. The molecular formula is C20H24. The van der Waals surface area contributed by atoms with Crippen molar-refractivity contribution in [1.82, 2.24) is 0 Å². The van der Waals surface area contributed by atoms with Crippen LogP contribution in [0.3, 0.4) is 0 Å². The molecule has 0 saturated heterocycles. The summed E-state index contributed by atoms with van der Waals surface area (Å²) in [7, 11) is 0. The van der Waals surface area contributed by atoms with Gasteiger partial charge in [-0.25, -0.2) is 0 Å². The summed E-state index contributed by atoms with van der Waals surface area (Å²) >= 11 is 0. The van der Waals surface area contributed by atoms with Crippen LogP contribution in [0.15, 0.2) is 54.1 Å². The predicted molar refractivity (Wildman–Crippen MR) is 87.6 cm³/mol. The van der Waals surface area contributed by atoms with E-state index in [9.17, 15) is 0 Å². The Labute approximate surface area is 122 Å². The summed E-state index contributed by atoms with van der Waals surface area (Å²) in [5.74, 6) is 1.26. The fourth-order valence-corrected chi connectivity index (χ4v) is 3.37. The van der Waals surface area contributed by atoms with Gasteiger partial charge in [0.25, 0.3) is 0 Å². The molecule has 0 amide bonds. The number of hydrogen-bond acceptors (Lipinski definition) is 0. The zero-order valence-electron chi connectivity index (χ0n) is 13.0. The summed E-state index contributed by atoms with van der Waals surface area (Å²) in [6.07, 6.45) is 10.6. The predicted octanol–water partition coefficient (Wildman–Crippen LogP) is 5.52. The van der Waals surface area contributed by atoms with E-state index in [1.807, 2.05) is 0 Å². The van der Waals surface area contributed by atoms with Gasteiger partial charge in [-0.05, 0) is 41.4 Å². The molecule has 0 saturated carbocycles. The summed E-state index contributed by atoms with van der Waals surface area (Å²) in [5.41, 5.74) is 6.02. The largest absolute Gasteiger partial charge is 0.0802 e. The molecule has 1 aromatic carbocycles. The van der Waals surface area contributed by atoms with E-state index in [-0.39, 0.29) is 5.41 Å². The summed E-state index contributed by atoms with van der Waals surface area (Å²) in [5, 5.41) is 0. The van der Waals surface area contributed by atoms with Gasteiger partial charge in [-0.15, -0.1) is 0 Å². The van der Waals surface area contributed by atoms with Crippen molar-refractivity contribution in [3.63, 3.8) is 0 Å². The average Bonchev–Trinajstić information content (AvgIpc) is 2.78. The standard InChI is InChI=1S/C20H24/c1-14-12-16-6-5-7-18(19(16)13-14)15-8-10-17(11-9-15)20(2,3)4/h5-11,13,16,19H,12H2,1-4H3. The quantitative estimate of drug-likeness (QED) is 0.586. The first-order valence-corrected chi connectivity index (χ1v) is 7.62. The van der Waals surface area contributed by atoms with Gasteiger partial charge in [-0.3, -0.25) is 0 Å². The fraction of sp³-hybridized carbons (Fsp3) is 0.400. The van der Waals surface area contributed by atoms with Crippen LogP contribution in [0.5, 0.6) is 0 Å². The van der Waals surface area contributed by atoms with Gasteiger partial charge in [0.05, 0.1) is 0 Å². The Morgan fingerprint density at radius 3 is 2.40 bits per heavy atom. The first-order chi connectivity index (χ1) is 9.45. The maximum absolute atomic E-state index is 2.46. The molecule has 0 bridgehead atoms. The minimum absolute atomic E-state index is 0.228. The molecule has 0 spiro atoms. The van der Waals surface area contributed by atoms with Crippen molar-refractivity contribution in [2.75, 3.05) is 0 Å². The molecule has 2 unspecified atom stereocenters. The molecule has 0 heteroatoms. The SMILES string of the molecule is CC1=CC2C(c3ccc(C(C)(C)C)cc3)=CC=CC2C1. The average molecular weight is 264 g/mol. The third-order valence-electron chi connectivity index (χ3n) is 4.56. The Balaban J connectivity index is 1.93. The van der Waals surface area contributed by atoms with E-state index in [0.717, 1.165) is 0 Å². The molecule has 0 radical (unpaired) electrons. The first-order valence-electron chi connectivity index (χ1n) is 7.62. The number of fused-ring (bicyclic) bond motifs is 1. The van der Waals surface area contributed by atoms with Crippen molar-refractivity contribution in [2.24, 2.45) is 11.8 Å². The Morgan fingerprint density at radius 1 is 1.05 bits per heavy atom. The first kappa shape index (κ1) is 13.4. The van der Waals surface area contributed by atoms with E-state index < -0.39 is 0 Å². The van der Waals surface area contributed by atoms with Crippen molar-refractivity contribution < 1.29 is 0 Å². The Morgan fingerprint density at radius 2 is 1.75 bits per heavy atom. The van der Waals surface area contributed by atoms with Gasteiger partial charge in [-0.1, -0.05) is 74.9 Å². The zero-order valence-corrected chi connectivity index (χ0v) is 13.0. The van der Waals surface area contributed by atoms with Crippen LogP contribution in [0.4, 0.5) is 0 Å². The molecule has 0 N–H and O–H groups in total. The lowest BCUT2D eigenvalue weighted by Gasteiger charge is -2.24. The van der Waals surface area contributed by atoms with Crippen molar-refractivity contribution in [3.8, 4) is 0 Å². The second kappa shape index (κ2) is 4.77. The number of rotatable bonds is 1.